The molecule has 0 unspecified atom stereocenters. The van der Waals surface area contributed by atoms with Crippen molar-refractivity contribution >= 4 is 56.5 Å². The number of urea groups is 1. The Morgan fingerprint density at radius 3 is 2.59 bits per heavy atom. The van der Waals surface area contributed by atoms with Gasteiger partial charge >= 0.3 is 39.9 Å². The summed E-state index contributed by atoms with van der Waals surface area (Å²) in [6, 6.07) is 6.39. The number of hydrogen-bond donors (Lipinski definition) is 1. The summed E-state index contributed by atoms with van der Waals surface area (Å²) in [6.45, 7) is 2.00. The fraction of sp³-hybridized carbons (Fsp3) is 0.214. The summed E-state index contributed by atoms with van der Waals surface area (Å²) in [5.41, 5.74) is 0.487. The average molecular weight is 535 g/mol. The number of aryl methyl sites for hydroxylation is 1. The van der Waals surface area contributed by atoms with E-state index in [9.17, 15) is 13.2 Å². The maximum absolute atomic E-state index is 12.0. The molecule has 2 rings (SSSR count). The molecule has 0 spiro atoms. The van der Waals surface area contributed by atoms with Gasteiger partial charge in [0.05, 0.1) is 6.61 Å². The zero-order valence-electron chi connectivity index (χ0n) is 14.3. The minimum absolute atomic E-state index is 0. The number of nitrogens with one attached hydrogen (secondary N) is 1. The van der Waals surface area contributed by atoms with Crippen LogP contribution >= 0.6 is 34.2 Å². The van der Waals surface area contributed by atoms with E-state index in [2.05, 4.69) is 42.6 Å². The van der Waals surface area contributed by atoms with Crippen LogP contribution in [0.15, 0.2) is 30.3 Å². The van der Waals surface area contributed by atoms with Crippen molar-refractivity contribution in [1.29, 1.82) is 0 Å². The summed E-state index contributed by atoms with van der Waals surface area (Å²) in [4.78, 5) is 19.4. The first-order valence-electron chi connectivity index (χ1n) is 7.06. The predicted molar refractivity (Wildman–Crippen MR) is 105 cm³/mol. The number of aromatic nitrogens is 2. The molecular formula is C14H13ClIN4NaO5S. The molecule has 0 atom stereocenters. The molecule has 0 aliphatic heterocycles. The standard InChI is InChI=1S/C14H14ClIN4O5S.Na/c1-9-8-12(15)18-13(17-9)19-14(21)20-26(22,23)25-11-5-3-2-4-10(11)24-7-6-16;/h2-5,8H,6-7H2,1H3,(H2,17,18,19,20,21);/q;+1/p-1. The molecule has 0 radical (unpaired) electrons. The molecule has 0 saturated carbocycles. The van der Waals surface area contributed by atoms with Crippen LogP contribution in [0.1, 0.15) is 5.69 Å². The van der Waals surface area contributed by atoms with Crippen molar-refractivity contribution in [2.24, 2.45) is 0 Å². The average Bonchev–Trinajstić information content (AvgIpc) is 2.51. The first kappa shape index (κ1) is 24.2. The minimum atomic E-state index is -4.58. The van der Waals surface area contributed by atoms with E-state index in [0.29, 0.717) is 16.7 Å². The molecule has 1 aromatic heterocycles. The summed E-state index contributed by atoms with van der Waals surface area (Å²) in [5, 5.41) is 2.20. The van der Waals surface area contributed by atoms with E-state index in [1.54, 1.807) is 25.1 Å². The van der Waals surface area contributed by atoms with Crippen LogP contribution in [0.2, 0.25) is 5.15 Å². The van der Waals surface area contributed by atoms with E-state index in [1.165, 1.54) is 12.1 Å². The van der Waals surface area contributed by atoms with Gasteiger partial charge in [-0.1, -0.05) is 46.3 Å². The maximum Gasteiger partial charge on any atom is 1.00 e. The Kier molecular flexibility index (Phi) is 10.0. The normalized spacial score (nSPS) is 10.5. The third-order valence-electron chi connectivity index (χ3n) is 2.62. The Morgan fingerprint density at radius 1 is 1.30 bits per heavy atom. The van der Waals surface area contributed by atoms with Crippen molar-refractivity contribution in [3.63, 3.8) is 0 Å². The van der Waals surface area contributed by atoms with Gasteiger partial charge in [0.25, 0.3) is 0 Å². The summed E-state index contributed by atoms with van der Waals surface area (Å²) < 4.78 is 37.9. The van der Waals surface area contributed by atoms with Crippen LogP contribution in [0.5, 0.6) is 11.5 Å². The van der Waals surface area contributed by atoms with Crippen LogP contribution < -0.4 is 43.8 Å². The number of para-hydroxylation sites is 2. The number of rotatable bonds is 7. The Hall–Kier alpha value is -0.860. The van der Waals surface area contributed by atoms with Gasteiger partial charge in [-0.15, -0.1) is 0 Å². The number of ether oxygens (including phenoxy) is 1. The molecule has 2 amide bonds. The zero-order valence-corrected chi connectivity index (χ0v) is 20.1. The molecule has 1 N–H and O–H groups in total. The van der Waals surface area contributed by atoms with Crippen LogP contribution in [0.25, 0.3) is 4.72 Å². The van der Waals surface area contributed by atoms with Crippen LogP contribution in [0.3, 0.4) is 0 Å². The second-order valence-electron chi connectivity index (χ2n) is 4.67. The largest absolute Gasteiger partial charge is 1.00 e. The van der Waals surface area contributed by atoms with Gasteiger partial charge < -0.3 is 14.2 Å². The Morgan fingerprint density at radius 2 is 1.96 bits per heavy atom. The van der Waals surface area contributed by atoms with Crippen LogP contribution in [-0.2, 0) is 10.3 Å². The molecule has 0 bridgehead atoms. The van der Waals surface area contributed by atoms with Crippen molar-refractivity contribution in [2.75, 3.05) is 16.4 Å². The van der Waals surface area contributed by atoms with Gasteiger partial charge in [-0.25, -0.2) is 9.97 Å². The molecule has 0 aliphatic carbocycles. The number of hydrogen-bond acceptors (Lipinski definition) is 7. The molecule has 140 valence electrons. The molecule has 9 nitrogen and oxygen atoms in total. The minimum Gasteiger partial charge on any atom is -0.489 e. The van der Waals surface area contributed by atoms with E-state index >= 15 is 0 Å². The molecule has 2 aromatic rings. The Labute approximate surface area is 197 Å². The molecule has 13 heteroatoms. The number of alkyl halides is 1. The number of anilines is 1. The third kappa shape index (κ3) is 8.35. The summed E-state index contributed by atoms with van der Waals surface area (Å²) in [5.74, 6) is -0.0365. The van der Waals surface area contributed by atoms with Crippen LogP contribution in [0, 0.1) is 6.92 Å². The number of carbonyl (C=O) groups excluding carboxylic acids is 1. The van der Waals surface area contributed by atoms with Gasteiger partial charge in [-0.3, -0.25) is 9.52 Å². The molecule has 0 saturated heterocycles. The monoisotopic (exact) mass is 534 g/mol. The van der Waals surface area contributed by atoms with Crippen LogP contribution in [-0.4, -0.2) is 35.5 Å². The van der Waals surface area contributed by atoms with Crippen molar-refractivity contribution in [3.05, 3.63) is 45.9 Å². The van der Waals surface area contributed by atoms with Crippen molar-refractivity contribution in [3.8, 4) is 11.5 Å². The predicted octanol–water partition coefficient (Wildman–Crippen LogP) is 0.486. The van der Waals surface area contributed by atoms with E-state index in [4.69, 9.17) is 20.5 Å². The summed E-state index contributed by atoms with van der Waals surface area (Å²) >= 11 is 7.85. The fourth-order valence-corrected chi connectivity index (χ4v) is 2.83. The van der Waals surface area contributed by atoms with E-state index in [-0.39, 0.29) is 52.2 Å². The van der Waals surface area contributed by atoms with E-state index in [1.807, 2.05) is 0 Å². The Bertz CT molecular complexity index is 883. The third-order valence-corrected chi connectivity index (χ3v) is 4.03. The van der Waals surface area contributed by atoms with Gasteiger partial charge in [0.15, 0.2) is 17.5 Å². The van der Waals surface area contributed by atoms with Gasteiger partial charge in [-0.05, 0) is 25.1 Å². The molecule has 27 heavy (non-hydrogen) atoms. The number of carbonyl (C=O) groups is 1. The maximum atomic E-state index is 12.0. The number of nitrogens with zero attached hydrogens (tertiary/aromatic N) is 3. The topological polar surface area (TPSA) is 122 Å². The van der Waals surface area contributed by atoms with Gasteiger partial charge in [0, 0.05) is 10.1 Å². The van der Waals surface area contributed by atoms with Gasteiger partial charge in [0.2, 0.25) is 0 Å². The molecule has 0 fully saturated rings. The second kappa shape index (κ2) is 11.2. The van der Waals surface area contributed by atoms with Crippen molar-refractivity contribution < 1.29 is 51.7 Å². The van der Waals surface area contributed by atoms with Gasteiger partial charge in [-0.2, -0.15) is 8.42 Å². The smallest absolute Gasteiger partial charge is 0.489 e. The van der Waals surface area contributed by atoms with Crippen LogP contribution in [0.4, 0.5) is 10.7 Å². The quantitative estimate of drug-likeness (QED) is 0.237. The van der Waals surface area contributed by atoms with Crippen molar-refractivity contribution in [2.45, 2.75) is 6.92 Å². The number of amides is 2. The molecule has 1 heterocycles. The molecular weight excluding hydrogens is 522 g/mol. The first-order chi connectivity index (χ1) is 12.3. The van der Waals surface area contributed by atoms with Crippen molar-refractivity contribution in [1.82, 2.24) is 9.97 Å². The van der Waals surface area contributed by atoms with E-state index < -0.39 is 16.3 Å². The number of halogens is 2. The Balaban J connectivity index is 0.00000364. The van der Waals surface area contributed by atoms with Gasteiger partial charge in [0.1, 0.15) is 11.1 Å². The molecule has 1 aromatic carbocycles. The fourth-order valence-electron chi connectivity index (χ4n) is 1.72. The number of benzene rings is 1. The second-order valence-corrected chi connectivity index (χ2v) is 7.34. The SMILES string of the molecule is Cc1cc(Cl)nc(NC(=O)[N-]S(=O)(=O)Oc2ccccc2OCCI)n1.[Na+]. The van der Waals surface area contributed by atoms with E-state index in [0.717, 1.165) is 0 Å². The summed E-state index contributed by atoms with van der Waals surface area (Å²) in [6.07, 6.45) is 0. The summed E-state index contributed by atoms with van der Waals surface area (Å²) in [7, 11) is -4.58. The molecule has 0 aliphatic rings. The first-order valence-corrected chi connectivity index (χ1v) is 10.3. The zero-order chi connectivity index (χ0) is 19.2.